The second-order valence-corrected chi connectivity index (χ2v) is 39.8. The minimum atomic E-state index is -4.36. The molecule has 0 amide bonds. The van der Waals surface area contributed by atoms with Crippen LogP contribution < -0.4 is 0 Å². The van der Waals surface area contributed by atoms with Crippen molar-refractivity contribution in [1.82, 2.24) is 0 Å². The molecule has 6 N–H and O–H groups in total. The molecule has 0 spiro atoms. The molecule has 0 aliphatic rings. The van der Waals surface area contributed by atoms with E-state index in [0.717, 1.165) is 129 Å². The van der Waals surface area contributed by atoms with Gasteiger partial charge in [0.2, 0.25) is 0 Å². The standard InChI is InChI=1S/2C24H53O3P.4C8H17O.Ti/c2*1-3-5-7-9-11-13-15-17-19-21-23-28(25,26,27)24-22-20-18-16-14-12-10-8-6-4-2;4*1-2-3-4-5-6-7-8-9;/h2*25-27H,3-24H2,1-2H3;4*2-8H2,1H3;/q;;4*-1;+4. The van der Waals surface area contributed by atoms with Gasteiger partial charge >= 0.3 is 593 Å². The van der Waals surface area contributed by atoms with Crippen molar-refractivity contribution >= 4 is 14.6 Å². The van der Waals surface area contributed by atoms with Gasteiger partial charge in [0.25, 0.3) is 0 Å². The van der Waals surface area contributed by atoms with E-state index in [4.69, 9.17) is 13.3 Å². The van der Waals surface area contributed by atoms with Crippen LogP contribution in [0.1, 0.15) is 466 Å². The molecule has 93 heavy (non-hydrogen) atoms. The molecule has 0 aromatic carbocycles. The molecule has 0 atom stereocenters. The Morgan fingerprint density at radius 3 is 0.398 bits per heavy atom. The topological polar surface area (TPSA) is 158 Å². The van der Waals surface area contributed by atoms with Crippen molar-refractivity contribution in [1.29, 1.82) is 0 Å². The van der Waals surface area contributed by atoms with Gasteiger partial charge in [-0.2, -0.15) is 0 Å². The van der Waals surface area contributed by atoms with E-state index in [1.165, 1.54) is 308 Å². The van der Waals surface area contributed by atoms with Crippen LogP contribution in [-0.2, 0) is 31.4 Å². The number of hydrogen-bond acceptors (Lipinski definition) is 10. The summed E-state index contributed by atoms with van der Waals surface area (Å²) in [5.74, 6) is 0. The summed E-state index contributed by atoms with van der Waals surface area (Å²) in [5, 5.41) is 0. The third-order valence-corrected chi connectivity index (χ3v) is 27.4. The summed E-state index contributed by atoms with van der Waals surface area (Å²) in [7, 11) is -8.71. The zero-order chi connectivity index (χ0) is 69.1. The fourth-order valence-electron chi connectivity index (χ4n) is 12.5. The van der Waals surface area contributed by atoms with Gasteiger partial charge < -0.3 is 0 Å². The molecule has 10 nitrogen and oxygen atoms in total. The summed E-state index contributed by atoms with van der Waals surface area (Å²) >= 11 is -3.72. The normalized spacial score (nSPS) is 12.9. The van der Waals surface area contributed by atoms with Crippen LogP contribution in [0, 0.1) is 0 Å². The Morgan fingerprint density at radius 1 is 0.161 bits per heavy atom. The predicted octanol–water partition coefficient (Wildman–Crippen LogP) is 27.5. The van der Waals surface area contributed by atoms with Gasteiger partial charge in [-0.05, 0) is 0 Å². The summed E-state index contributed by atoms with van der Waals surface area (Å²) in [4.78, 5) is 61.6. The zero-order valence-electron chi connectivity index (χ0n) is 64.6. The summed E-state index contributed by atoms with van der Waals surface area (Å²) < 4.78 is 26.0. The van der Waals surface area contributed by atoms with Gasteiger partial charge in [-0.1, -0.05) is 0 Å². The van der Waals surface area contributed by atoms with Crippen LogP contribution in [0.2, 0.25) is 0 Å². The second-order valence-electron chi connectivity index (χ2n) is 29.3. The molecule has 0 aromatic rings. The summed E-state index contributed by atoms with van der Waals surface area (Å²) in [6, 6.07) is 0. The van der Waals surface area contributed by atoms with Crippen molar-refractivity contribution in [3.05, 3.63) is 0 Å². The average molecular weight is 1410 g/mol. The molecule has 0 bridgehead atoms. The van der Waals surface area contributed by atoms with Crippen LogP contribution in [-0.4, -0.2) is 80.4 Å². The maximum absolute atomic E-state index is 10.3. The molecule has 0 rings (SSSR count). The molecule has 0 saturated heterocycles. The molecule has 0 saturated carbocycles. The van der Waals surface area contributed by atoms with Crippen LogP contribution >= 0.6 is 14.6 Å². The Morgan fingerprint density at radius 2 is 0.269 bits per heavy atom. The van der Waals surface area contributed by atoms with E-state index in [2.05, 4.69) is 55.4 Å². The van der Waals surface area contributed by atoms with E-state index in [1.807, 2.05) is 0 Å². The van der Waals surface area contributed by atoms with Crippen LogP contribution in [0.3, 0.4) is 0 Å². The predicted molar refractivity (Wildman–Crippen MR) is 411 cm³/mol. The van der Waals surface area contributed by atoms with Gasteiger partial charge in [0.05, 0.1) is 0 Å². The molecule has 0 unspecified atom stereocenters. The average Bonchev–Trinajstić information content (AvgIpc) is 1.20. The van der Waals surface area contributed by atoms with Gasteiger partial charge in [0.15, 0.2) is 0 Å². The molecule has 0 aromatic heterocycles. The van der Waals surface area contributed by atoms with Crippen molar-refractivity contribution in [2.75, 3.05) is 51.1 Å². The zero-order valence-corrected chi connectivity index (χ0v) is 68.0. The Balaban J connectivity index is -0.00000133. The monoisotopic (exact) mass is 1410 g/mol. The van der Waals surface area contributed by atoms with E-state index in [1.54, 1.807) is 0 Å². The quantitative estimate of drug-likeness (QED) is 0.0197. The minimum absolute atomic E-state index is 0.208. The molecule has 0 aliphatic carbocycles. The van der Waals surface area contributed by atoms with Gasteiger partial charge in [-0.25, -0.2) is 0 Å². The Hall–Kier alpha value is 1.17. The summed E-state index contributed by atoms with van der Waals surface area (Å²) in [6.07, 6.45) is 79.7. The molecule has 0 aliphatic heterocycles. The Labute approximate surface area is 589 Å². The number of rotatable bonds is 76. The molecule has 0 heterocycles. The second kappa shape index (κ2) is 74.4. The first-order valence-electron chi connectivity index (χ1n) is 42.1. The van der Waals surface area contributed by atoms with Crippen molar-refractivity contribution in [3.8, 4) is 0 Å². The maximum atomic E-state index is 10.3. The molecule has 0 fully saturated rings. The third-order valence-electron chi connectivity index (χ3n) is 19.0. The molecular weight excluding hydrogens is 1230 g/mol. The summed E-state index contributed by atoms with van der Waals surface area (Å²) in [6.45, 7) is 20.9. The van der Waals surface area contributed by atoms with Gasteiger partial charge in [-0.3, -0.25) is 0 Å². The van der Waals surface area contributed by atoms with Gasteiger partial charge in [-0.15, -0.1) is 0 Å². The molecular formula is C80H174O10P2Ti. The van der Waals surface area contributed by atoms with Crippen LogP contribution in [0.15, 0.2) is 0 Å². The first-order chi connectivity index (χ1) is 45.0. The number of unbranched alkanes of at least 4 members (excludes halogenated alkanes) is 56. The molecule has 568 valence electrons. The van der Waals surface area contributed by atoms with Crippen LogP contribution in [0.4, 0.5) is 0 Å². The van der Waals surface area contributed by atoms with E-state index < -0.39 is 32.7 Å². The Bertz CT molecular complexity index is 1200. The fraction of sp³-hybridized carbons (Fsp3) is 1.00. The first-order valence-corrected chi connectivity index (χ1v) is 49.6. The van der Waals surface area contributed by atoms with Crippen molar-refractivity contribution in [3.63, 3.8) is 0 Å². The van der Waals surface area contributed by atoms with E-state index >= 15 is 0 Å². The van der Waals surface area contributed by atoms with Crippen LogP contribution in [0.5, 0.6) is 0 Å². The van der Waals surface area contributed by atoms with Crippen molar-refractivity contribution in [2.45, 2.75) is 466 Å². The van der Waals surface area contributed by atoms with Crippen LogP contribution in [0.25, 0.3) is 0 Å². The molecule has 13 heteroatoms. The van der Waals surface area contributed by atoms with Gasteiger partial charge in [0, 0.05) is 0 Å². The summed E-state index contributed by atoms with van der Waals surface area (Å²) in [5.41, 5.74) is 0. The van der Waals surface area contributed by atoms with Crippen molar-refractivity contribution in [2.24, 2.45) is 0 Å². The Kier molecular flexibility index (Phi) is 78.6. The first kappa shape index (κ1) is 98.4. The SMILES string of the molecule is CCCCCCCCCCCCP(O)(O)(O)CCCCCCCCCCCC.CCCCCCCCCCCCP(O)(O)(O)CCCCCCCCCCCC.CCCCCCCC[O][Ti]([O]CCCCCCCC)([O]CCCCCCCC)[O]CCCCCCCC. The van der Waals surface area contributed by atoms with Gasteiger partial charge in [0.1, 0.15) is 0 Å². The van der Waals surface area contributed by atoms with E-state index in [0.29, 0.717) is 0 Å². The van der Waals surface area contributed by atoms with Crippen molar-refractivity contribution < 1.29 is 60.8 Å². The molecule has 0 radical (unpaired) electrons. The third kappa shape index (κ3) is 82.0. The van der Waals surface area contributed by atoms with E-state index in [-0.39, 0.29) is 24.6 Å². The fourth-order valence-corrected chi connectivity index (χ4v) is 19.7. The number of hydrogen-bond donors (Lipinski definition) is 6. The van der Waals surface area contributed by atoms with E-state index in [9.17, 15) is 29.4 Å².